The van der Waals surface area contributed by atoms with Crippen molar-refractivity contribution in [3.63, 3.8) is 0 Å². The normalized spacial score (nSPS) is 18.0. The number of amides is 1. The molecular weight excluding hydrogens is 368 g/mol. The number of benzene rings is 1. The maximum absolute atomic E-state index is 13.0. The molecule has 2 heterocycles. The molecule has 1 unspecified atom stereocenters. The van der Waals surface area contributed by atoms with Crippen LogP contribution in [0.5, 0.6) is 5.75 Å². The molecule has 0 N–H and O–H groups in total. The number of piperazine rings is 1. The Morgan fingerprint density at radius 1 is 1.24 bits per heavy atom. The summed E-state index contributed by atoms with van der Waals surface area (Å²) in [5.41, 5.74) is 2.39. The largest absolute Gasteiger partial charge is 0.496 e. The summed E-state index contributed by atoms with van der Waals surface area (Å²) in [4.78, 5) is 17.1. The van der Waals surface area contributed by atoms with Crippen molar-refractivity contribution in [2.24, 2.45) is 5.92 Å². The SMILES string of the molecule is CCc1nnc(N2CCN(C(=O)CC(c3ccc(OC)c(C)c3)C3CC3)CC2)o1. The smallest absolute Gasteiger partial charge is 0.318 e. The van der Waals surface area contributed by atoms with Gasteiger partial charge in [-0.15, -0.1) is 5.10 Å². The lowest BCUT2D eigenvalue weighted by atomic mass is 9.89. The molecule has 1 atom stereocenters. The second-order valence-electron chi connectivity index (χ2n) is 8.08. The second-order valence-corrected chi connectivity index (χ2v) is 8.08. The highest BCUT2D eigenvalue weighted by molar-refractivity contribution is 5.77. The molecule has 2 fully saturated rings. The summed E-state index contributed by atoms with van der Waals surface area (Å²) in [6, 6.07) is 6.91. The Labute approximate surface area is 172 Å². The number of methoxy groups -OCH3 is 1. The van der Waals surface area contributed by atoms with Crippen molar-refractivity contribution in [2.45, 2.75) is 45.4 Å². The van der Waals surface area contributed by atoms with Crippen molar-refractivity contribution in [1.29, 1.82) is 0 Å². The van der Waals surface area contributed by atoms with Gasteiger partial charge in [-0.3, -0.25) is 4.79 Å². The Bertz CT molecular complexity index is 853. The predicted octanol–water partition coefficient (Wildman–Crippen LogP) is 3.18. The molecule has 1 saturated heterocycles. The number of rotatable bonds is 7. The number of ether oxygens (including phenoxy) is 1. The van der Waals surface area contributed by atoms with Gasteiger partial charge in [0.2, 0.25) is 11.8 Å². The van der Waals surface area contributed by atoms with Gasteiger partial charge in [-0.2, -0.15) is 0 Å². The molecule has 0 bridgehead atoms. The lowest BCUT2D eigenvalue weighted by Crippen LogP contribution is -2.49. The van der Waals surface area contributed by atoms with Gasteiger partial charge >= 0.3 is 6.01 Å². The van der Waals surface area contributed by atoms with Crippen molar-refractivity contribution < 1.29 is 13.9 Å². The predicted molar refractivity (Wildman–Crippen MR) is 110 cm³/mol. The molecule has 2 aliphatic rings. The number of carbonyl (C=O) groups is 1. The second kappa shape index (κ2) is 8.43. The maximum atomic E-state index is 13.0. The molecule has 7 nitrogen and oxygen atoms in total. The first kappa shape index (κ1) is 19.7. The van der Waals surface area contributed by atoms with Gasteiger partial charge in [-0.05, 0) is 48.8 Å². The van der Waals surface area contributed by atoms with E-state index >= 15 is 0 Å². The fourth-order valence-electron chi connectivity index (χ4n) is 4.17. The van der Waals surface area contributed by atoms with Crippen molar-refractivity contribution >= 4 is 11.9 Å². The van der Waals surface area contributed by atoms with Crippen molar-refractivity contribution in [3.8, 4) is 5.75 Å². The molecule has 1 saturated carbocycles. The number of carbonyl (C=O) groups excluding carboxylic acids is 1. The minimum Gasteiger partial charge on any atom is -0.496 e. The van der Waals surface area contributed by atoms with Crippen LogP contribution in [0.2, 0.25) is 0 Å². The maximum Gasteiger partial charge on any atom is 0.318 e. The van der Waals surface area contributed by atoms with Gasteiger partial charge in [0, 0.05) is 39.0 Å². The molecule has 7 heteroatoms. The molecule has 0 radical (unpaired) electrons. The lowest BCUT2D eigenvalue weighted by Gasteiger charge is -2.34. The van der Waals surface area contributed by atoms with E-state index in [1.807, 2.05) is 17.9 Å². The van der Waals surface area contributed by atoms with Gasteiger partial charge < -0.3 is 19.0 Å². The highest BCUT2D eigenvalue weighted by atomic mass is 16.5. The third-order valence-corrected chi connectivity index (χ3v) is 6.09. The van der Waals surface area contributed by atoms with Crippen LogP contribution in [-0.2, 0) is 11.2 Å². The minimum atomic E-state index is 0.245. The fourth-order valence-corrected chi connectivity index (χ4v) is 4.17. The van der Waals surface area contributed by atoms with Gasteiger partial charge in [0.05, 0.1) is 7.11 Å². The third kappa shape index (κ3) is 4.38. The molecule has 2 aromatic rings. The van der Waals surface area contributed by atoms with E-state index in [-0.39, 0.29) is 5.91 Å². The number of anilines is 1. The molecule has 1 aromatic carbocycles. The number of aromatic nitrogens is 2. The van der Waals surface area contributed by atoms with Crippen LogP contribution in [-0.4, -0.2) is 54.3 Å². The topological polar surface area (TPSA) is 71.7 Å². The van der Waals surface area contributed by atoms with Gasteiger partial charge in [-0.1, -0.05) is 24.2 Å². The zero-order valence-corrected chi connectivity index (χ0v) is 17.6. The third-order valence-electron chi connectivity index (χ3n) is 6.09. The van der Waals surface area contributed by atoms with Crippen LogP contribution in [0.4, 0.5) is 6.01 Å². The first-order chi connectivity index (χ1) is 14.1. The quantitative estimate of drug-likeness (QED) is 0.713. The van der Waals surface area contributed by atoms with E-state index in [0.29, 0.717) is 43.3 Å². The van der Waals surface area contributed by atoms with Crippen LogP contribution in [0.1, 0.15) is 49.1 Å². The van der Waals surface area contributed by atoms with E-state index in [1.54, 1.807) is 7.11 Å². The van der Waals surface area contributed by atoms with Gasteiger partial charge in [0.25, 0.3) is 0 Å². The summed E-state index contributed by atoms with van der Waals surface area (Å²) in [5.74, 6) is 2.72. The average Bonchev–Trinajstić information content (AvgIpc) is 3.47. The lowest BCUT2D eigenvalue weighted by molar-refractivity contribution is -0.132. The van der Waals surface area contributed by atoms with E-state index < -0.39 is 0 Å². The molecule has 1 amide bonds. The molecule has 1 aliphatic carbocycles. The van der Waals surface area contributed by atoms with Crippen LogP contribution in [0, 0.1) is 12.8 Å². The van der Waals surface area contributed by atoms with Gasteiger partial charge in [-0.25, -0.2) is 0 Å². The zero-order chi connectivity index (χ0) is 20.4. The van der Waals surface area contributed by atoms with E-state index in [9.17, 15) is 4.79 Å². The molecule has 4 rings (SSSR count). The summed E-state index contributed by atoms with van der Waals surface area (Å²) in [6.07, 6.45) is 3.75. The molecule has 0 spiro atoms. The number of hydrogen-bond donors (Lipinski definition) is 0. The summed E-state index contributed by atoms with van der Waals surface area (Å²) in [6.45, 7) is 6.91. The highest BCUT2D eigenvalue weighted by Crippen LogP contribution is 2.45. The monoisotopic (exact) mass is 398 g/mol. The van der Waals surface area contributed by atoms with E-state index in [0.717, 1.165) is 30.8 Å². The first-order valence-corrected chi connectivity index (χ1v) is 10.6. The Morgan fingerprint density at radius 2 is 2.00 bits per heavy atom. The Balaban J connectivity index is 1.37. The molecule has 29 heavy (non-hydrogen) atoms. The summed E-state index contributed by atoms with van der Waals surface area (Å²) < 4.78 is 11.0. The highest BCUT2D eigenvalue weighted by Gasteiger charge is 2.35. The van der Waals surface area contributed by atoms with E-state index in [4.69, 9.17) is 9.15 Å². The van der Waals surface area contributed by atoms with Gasteiger partial charge in [0.1, 0.15) is 5.75 Å². The first-order valence-electron chi connectivity index (χ1n) is 10.6. The Morgan fingerprint density at radius 3 is 2.59 bits per heavy atom. The van der Waals surface area contributed by atoms with Crippen LogP contribution in [0.25, 0.3) is 0 Å². The number of hydrogen-bond acceptors (Lipinski definition) is 6. The standard InChI is InChI=1S/C22H30N4O3/c1-4-20-23-24-22(29-20)26-11-9-25(10-12-26)21(27)14-18(16-5-6-16)17-7-8-19(28-3)15(2)13-17/h7-8,13,16,18H,4-6,9-12,14H2,1-3H3. The van der Waals surface area contributed by atoms with Crippen molar-refractivity contribution in [3.05, 3.63) is 35.2 Å². The van der Waals surface area contributed by atoms with E-state index in [2.05, 4.69) is 34.2 Å². The Kier molecular flexibility index (Phi) is 5.74. The summed E-state index contributed by atoms with van der Waals surface area (Å²) in [7, 11) is 1.70. The summed E-state index contributed by atoms with van der Waals surface area (Å²) in [5, 5.41) is 8.15. The molecule has 1 aliphatic heterocycles. The fraction of sp³-hybridized carbons (Fsp3) is 0.591. The van der Waals surface area contributed by atoms with Gasteiger partial charge in [0.15, 0.2) is 0 Å². The van der Waals surface area contributed by atoms with Crippen LogP contribution < -0.4 is 9.64 Å². The summed E-state index contributed by atoms with van der Waals surface area (Å²) >= 11 is 0. The molecule has 1 aromatic heterocycles. The Hall–Kier alpha value is -2.57. The van der Waals surface area contributed by atoms with Crippen LogP contribution >= 0.6 is 0 Å². The minimum absolute atomic E-state index is 0.245. The number of aryl methyl sites for hydroxylation is 2. The van der Waals surface area contributed by atoms with Crippen molar-refractivity contribution in [1.82, 2.24) is 15.1 Å². The van der Waals surface area contributed by atoms with Crippen LogP contribution in [0.15, 0.2) is 22.6 Å². The zero-order valence-electron chi connectivity index (χ0n) is 17.6. The number of nitrogens with zero attached hydrogens (tertiary/aromatic N) is 4. The average molecular weight is 399 g/mol. The molecule has 156 valence electrons. The van der Waals surface area contributed by atoms with Crippen molar-refractivity contribution in [2.75, 3.05) is 38.2 Å². The van der Waals surface area contributed by atoms with Crippen LogP contribution in [0.3, 0.4) is 0 Å². The molecular formula is C22H30N4O3. The van der Waals surface area contributed by atoms with E-state index in [1.165, 1.54) is 18.4 Å².